The Morgan fingerprint density at radius 3 is 1.68 bits per heavy atom. The summed E-state index contributed by atoms with van der Waals surface area (Å²) in [6.45, 7) is 0. The molecule has 38 heavy (non-hydrogen) atoms. The molecule has 8 rings (SSSR count). The molecule has 0 unspecified atom stereocenters. The van der Waals surface area contributed by atoms with Crippen molar-refractivity contribution in [2.75, 3.05) is 0 Å². The molecule has 0 aliphatic carbocycles. The van der Waals surface area contributed by atoms with Gasteiger partial charge in [0.25, 0.3) is 0 Å². The number of nitrogens with zero attached hydrogens (tertiary/aromatic N) is 2. The Morgan fingerprint density at radius 1 is 0.316 bits per heavy atom. The van der Waals surface area contributed by atoms with E-state index in [-0.39, 0.29) is 0 Å². The predicted molar refractivity (Wildman–Crippen MR) is 161 cm³/mol. The summed E-state index contributed by atoms with van der Waals surface area (Å²) in [5.74, 6) is 0. The Bertz CT molecular complexity index is 2100. The molecule has 0 spiro atoms. The Hall–Kier alpha value is -5.08. The lowest BCUT2D eigenvalue weighted by molar-refractivity contribution is 1.18. The van der Waals surface area contributed by atoms with Gasteiger partial charge in [-0.1, -0.05) is 115 Å². The minimum atomic E-state index is 1.16. The highest BCUT2D eigenvalue weighted by atomic mass is 15.1. The fraction of sp³-hybridized carbons (Fsp3) is 0. The first-order valence-electron chi connectivity index (χ1n) is 13.0. The molecule has 0 N–H and O–H groups in total. The molecule has 0 aliphatic rings. The smallest absolute Gasteiger partial charge is 0.0804 e. The van der Waals surface area contributed by atoms with E-state index in [0.717, 1.165) is 5.69 Å². The highest BCUT2D eigenvalue weighted by Gasteiger charge is 2.23. The number of aromatic nitrogens is 2. The van der Waals surface area contributed by atoms with Crippen molar-refractivity contribution >= 4 is 43.6 Å². The van der Waals surface area contributed by atoms with Gasteiger partial charge in [-0.3, -0.25) is 0 Å². The maximum atomic E-state index is 2.48. The van der Waals surface area contributed by atoms with Crippen LogP contribution in [0.25, 0.3) is 66.1 Å². The van der Waals surface area contributed by atoms with Gasteiger partial charge in [-0.25, -0.2) is 0 Å². The fourth-order valence-corrected chi connectivity index (χ4v) is 6.03. The van der Waals surface area contributed by atoms with Gasteiger partial charge in [0.1, 0.15) is 0 Å². The SMILES string of the molecule is c1ccc(-c2ccc(-n3c4c5ccccc5ccc4c4c3c3ccccc3n4-c3ccccc3)cc2)cc1. The van der Waals surface area contributed by atoms with Crippen LogP contribution in [0.4, 0.5) is 0 Å². The monoisotopic (exact) mass is 484 g/mol. The molecule has 178 valence electrons. The van der Waals surface area contributed by atoms with E-state index in [4.69, 9.17) is 0 Å². The molecule has 2 heteroatoms. The number of fused-ring (bicyclic) bond motifs is 7. The number of rotatable bonds is 3. The Morgan fingerprint density at radius 2 is 0.895 bits per heavy atom. The Kier molecular flexibility index (Phi) is 4.55. The van der Waals surface area contributed by atoms with Gasteiger partial charge in [-0.15, -0.1) is 0 Å². The van der Waals surface area contributed by atoms with Gasteiger partial charge in [-0.2, -0.15) is 0 Å². The average Bonchev–Trinajstić information content (AvgIpc) is 3.51. The third kappa shape index (κ3) is 3.01. The van der Waals surface area contributed by atoms with Crippen LogP contribution in [0.1, 0.15) is 0 Å². The highest BCUT2D eigenvalue weighted by Crippen LogP contribution is 2.43. The van der Waals surface area contributed by atoms with Crippen molar-refractivity contribution in [2.45, 2.75) is 0 Å². The van der Waals surface area contributed by atoms with E-state index in [1.807, 2.05) is 0 Å². The number of hydrogen-bond donors (Lipinski definition) is 0. The van der Waals surface area contributed by atoms with Crippen molar-refractivity contribution in [3.8, 4) is 22.5 Å². The van der Waals surface area contributed by atoms with Crippen LogP contribution in [0.2, 0.25) is 0 Å². The topological polar surface area (TPSA) is 9.86 Å². The first-order valence-corrected chi connectivity index (χ1v) is 13.0. The Labute approximate surface area is 220 Å². The molecule has 6 aromatic carbocycles. The first kappa shape index (κ1) is 21.0. The molecule has 0 radical (unpaired) electrons. The van der Waals surface area contributed by atoms with E-state index in [2.05, 4.69) is 155 Å². The van der Waals surface area contributed by atoms with Gasteiger partial charge in [0.15, 0.2) is 0 Å². The zero-order chi connectivity index (χ0) is 25.1. The van der Waals surface area contributed by atoms with Crippen molar-refractivity contribution in [3.05, 3.63) is 146 Å². The van der Waals surface area contributed by atoms with Gasteiger partial charge < -0.3 is 9.13 Å². The van der Waals surface area contributed by atoms with Crippen LogP contribution in [0.3, 0.4) is 0 Å². The van der Waals surface area contributed by atoms with E-state index in [1.54, 1.807) is 0 Å². The molecule has 0 fully saturated rings. The average molecular weight is 485 g/mol. The largest absolute Gasteiger partial charge is 0.307 e. The lowest BCUT2D eigenvalue weighted by Gasteiger charge is -2.12. The van der Waals surface area contributed by atoms with Crippen molar-refractivity contribution in [1.29, 1.82) is 0 Å². The minimum Gasteiger partial charge on any atom is -0.307 e. The summed E-state index contributed by atoms with van der Waals surface area (Å²) < 4.78 is 4.90. The summed E-state index contributed by atoms with van der Waals surface area (Å²) in [5.41, 5.74) is 9.73. The van der Waals surface area contributed by atoms with Crippen LogP contribution in [0.5, 0.6) is 0 Å². The van der Waals surface area contributed by atoms with Crippen molar-refractivity contribution < 1.29 is 0 Å². The molecule has 0 amide bonds. The van der Waals surface area contributed by atoms with Crippen molar-refractivity contribution in [3.63, 3.8) is 0 Å². The highest BCUT2D eigenvalue weighted by molar-refractivity contribution is 6.24. The molecule has 2 nitrogen and oxygen atoms in total. The molecule has 2 aromatic heterocycles. The van der Waals surface area contributed by atoms with Crippen molar-refractivity contribution in [1.82, 2.24) is 9.13 Å². The van der Waals surface area contributed by atoms with Crippen LogP contribution >= 0.6 is 0 Å². The molecule has 0 atom stereocenters. The second-order valence-electron chi connectivity index (χ2n) is 9.82. The van der Waals surface area contributed by atoms with E-state index in [1.165, 1.54) is 60.4 Å². The Balaban J connectivity index is 1.54. The van der Waals surface area contributed by atoms with Crippen LogP contribution in [0.15, 0.2) is 146 Å². The first-order chi connectivity index (χ1) is 18.9. The van der Waals surface area contributed by atoms with Crippen LogP contribution in [-0.4, -0.2) is 9.13 Å². The third-order valence-corrected chi connectivity index (χ3v) is 7.70. The zero-order valence-electron chi connectivity index (χ0n) is 20.8. The minimum absolute atomic E-state index is 1.16. The van der Waals surface area contributed by atoms with Crippen molar-refractivity contribution in [2.24, 2.45) is 0 Å². The second kappa shape index (κ2) is 8.22. The summed E-state index contributed by atoms with van der Waals surface area (Å²) in [6, 6.07) is 52.4. The van der Waals surface area contributed by atoms with E-state index >= 15 is 0 Å². The fourth-order valence-electron chi connectivity index (χ4n) is 6.03. The number of para-hydroxylation sites is 2. The van der Waals surface area contributed by atoms with Crippen LogP contribution in [0, 0.1) is 0 Å². The van der Waals surface area contributed by atoms with Gasteiger partial charge in [-0.05, 0) is 46.8 Å². The number of hydrogen-bond acceptors (Lipinski definition) is 0. The molecule has 0 aliphatic heterocycles. The van der Waals surface area contributed by atoms with Gasteiger partial charge in [0.2, 0.25) is 0 Å². The normalized spacial score (nSPS) is 11.7. The van der Waals surface area contributed by atoms with E-state index in [9.17, 15) is 0 Å². The summed E-state index contributed by atoms with van der Waals surface area (Å²) >= 11 is 0. The lowest BCUT2D eigenvalue weighted by atomic mass is 10.1. The lowest BCUT2D eigenvalue weighted by Crippen LogP contribution is -1.95. The van der Waals surface area contributed by atoms with Gasteiger partial charge in [0.05, 0.1) is 22.1 Å². The maximum Gasteiger partial charge on any atom is 0.0804 e. The molecular weight excluding hydrogens is 460 g/mol. The number of benzene rings is 6. The quantitative estimate of drug-likeness (QED) is 0.236. The molecule has 8 aromatic rings. The summed E-state index contributed by atoms with van der Waals surface area (Å²) in [6.07, 6.45) is 0. The summed E-state index contributed by atoms with van der Waals surface area (Å²) in [7, 11) is 0. The van der Waals surface area contributed by atoms with E-state index < -0.39 is 0 Å². The molecule has 2 heterocycles. The molecule has 0 saturated carbocycles. The molecule has 0 bridgehead atoms. The predicted octanol–water partition coefficient (Wildman–Crippen LogP) is 9.55. The maximum absolute atomic E-state index is 2.48. The molecular formula is C36H24N2. The van der Waals surface area contributed by atoms with Crippen LogP contribution < -0.4 is 0 Å². The summed E-state index contributed by atoms with van der Waals surface area (Å²) in [4.78, 5) is 0. The van der Waals surface area contributed by atoms with Crippen LogP contribution in [-0.2, 0) is 0 Å². The van der Waals surface area contributed by atoms with Gasteiger partial charge >= 0.3 is 0 Å². The molecule has 0 saturated heterocycles. The van der Waals surface area contributed by atoms with E-state index in [0.29, 0.717) is 0 Å². The van der Waals surface area contributed by atoms with Gasteiger partial charge in [0, 0.05) is 27.5 Å². The standard InChI is InChI=1S/C36H24N2/c1-3-11-25(12-4-1)26-19-22-29(23-20-26)38-34-30-16-8-7-13-27(30)21-24-32(34)36-35(38)31-17-9-10-18-33(31)37(36)28-14-5-2-6-15-28/h1-24H. The third-order valence-electron chi connectivity index (χ3n) is 7.70. The second-order valence-corrected chi connectivity index (χ2v) is 9.82. The zero-order valence-corrected chi connectivity index (χ0v) is 20.8. The summed E-state index contributed by atoms with van der Waals surface area (Å²) in [5, 5.41) is 5.01.